The molecule has 0 radical (unpaired) electrons. The summed E-state index contributed by atoms with van der Waals surface area (Å²) >= 11 is 0. The van der Waals surface area contributed by atoms with E-state index < -0.39 is 24.3 Å². The molecule has 2 rings (SSSR count). The SMILES string of the molecule is CC(=O)c1cc(C(=O)OCC(=O)Nc2cccc(F)c2)n(C)c1. The Kier molecular flexibility index (Phi) is 4.90. The Morgan fingerprint density at radius 2 is 2.00 bits per heavy atom. The minimum atomic E-state index is -0.727. The molecule has 0 unspecified atom stereocenters. The van der Waals surface area contributed by atoms with Gasteiger partial charge < -0.3 is 14.6 Å². The summed E-state index contributed by atoms with van der Waals surface area (Å²) in [6, 6.07) is 6.76. The fourth-order valence-electron chi connectivity index (χ4n) is 1.93. The summed E-state index contributed by atoms with van der Waals surface area (Å²) in [6.07, 6.45) is 1.51. The summed E-state index contributed by atoms with van der Waals surface area (Å²) in [6.45, 7) is 0.868. The van der Waals surface area contributed by atoms with Crippen LogP contribution in [0.15, 0.2) is 36.5 Å². The molecule has 1 N–H and O–H groups in total. The van der Waals surface area contributed by atoms with Gasteiger partial charge in [0.2, 0.25) is 0 Å². The molecule has 7 heteroatoms. The van der Waals surface area contributed by atoms with Crippen molar-refractivity contribution in [1.82, 2.24) is 4.57 Å². The van der Waals surface area contributed by atoms with E-state index in [9.17, 15) is 18.8 Å². The molecule has 23 heavy (non-hydrogen) atoms. The third-order valence-corrected chi connectivity index (χ3v) is 3.06. The predicted molar refractivity (Wildman–Crippen MR) is 80.7 cm³/mol. The van der Waals surface area contributed by atoms with Gasteiger partial charge in [0.1, 0.15) is 11.5 Å². The second kappa shape index (κ2) is 6.87. The van der Waals surface area contributed by atoms with Gasteiger partial charge in [-0.15, -0.1) is 0 Å². The number of anilines is 1. The number of benzene rings is 1. The molecule has 120 valence electrons. The van der Waals surface area contributed by atoms with Crippen molar-refractivity contribution < 1.29 is 23.5 Å². The number of aromatic nitrogens is 1. The number of ether oxygens (including phenoxy) is 1. The second-order valence-electron chi connectivity index (χ2n) is 4.92. The first kappa shape index (κ1) is 16.4. The molecule has 0 fully saturated rings. The number of rotatable bonds is 5. The number of nitrogens with zero attached hydrogens (tertiary/aromatic N) is 1. The molecule has 0 saturated heterocycles. The first-order chi connectivity index (χ1) is 10.9. The van der Waals surface area contributed by atoms with Gasteiger partial charge in [0, 0.05) is 24.5 Å². The third-order valence-electron chi connectivity index (χ3n) is 3.06. The van der Waals surface area contributed by atoms with Crippen LogP contribution in [0.3, 0.4) is 0 Å². The maximum Gasteiger partial charge on any atom is 0.355 e. The highest BCUT2D eigenvalue weighted by molar-refractivity contribution is 5.98. The molecule has 1 aromatic carbocycles. The van der Waals surface area contributed by atoms with Crippen molar-refractivity contribution in [3.8, 4) is 0 Å². The van der Waals surface area contributed by atoms with Crippen LogP contribution in [0.25, 0.3) is 0 Å². The quantitative estimate of drug-likeness (QED) is 0.677. The van der Waals surface area contributed by atoms with Crippen LogP contribution in [0.1, 0.15) is 27.8 Å². The number of carbonyl (C=O) groups excluding carboxylic acids is 3. The van der Waals surface area contributed by atoms with E-state index in [1.165, 1.54) is 42.0 Å². The van der Waals surface area contributed by atoms with Crippen molar-refractivity contribution in [2.75, 3.05) is 11.9 Å². The molecule has 1 heterocycles. The Bertz CT molecular complexity index is 767. The molecule has 6 nitrogen and oxygen atoms in total. The first-order valence-electron chi connectivity index (χ1n) is 6.76. The maximum atomic E-state index is 13.0. The minimum absolute atomic E-state index is 0.161. The lowest BCUT2D eigenvalue weighted by atomic mass is 10.2. The average molecular weight is 318 g/mol. The maximum absolute atomic E-state index is 13.0. The molecule has 0 aliphatic carbocycles. The molecule has 0 spiro atoms. The fraction of sp³-hybridized carbons (Fsp3) is 0.188. The van der Waals surface area contributed by atoms with Crippen LogP contribution in [0.4, 0.5) is 10.1 Å². The largest absolute Gasteiger partial charge is 0.451 e. The average Bonchev–Trinajstić information content (AvgIpc) is 2.87. The van der Waals surface area contributed by atoms with Crippen molar-refractivity contribution in [1.29, 1.82) is 0 Å². The van der Waals surface area contributed by atoms with Crippen LogP contribution in [-0.4, -0.2) is 28.8 Å². The Labute approximate surface area is 131 Å². The smallest absolute Gasteiger partial charge is 0.355 e. The number of hydrogen-bond donors (Lipinski definition) is 1. The third kappa shape index (κ3) is 4.26. The topological polar surface area (TPSA) is 77.4 Å². The minimum Gasteiger partial charge on any atom is -0.451 e. The normalized spacial score (nSPS) is 10.2. The lowest BCUT2D eigenvalue weighted by molar-refractivity contribution is -0.119. The van der Waals surface area contributed by atoms with Crippen molar-refractivity contribution in [3.63, 3.8) is 0 Å². The Morgan fingerprint density at radius 3 is 2.61 bits per heavy atom. The van der Waals surface area contributed by atoms with E-state index in [1.807, 2.05) is 0 Å². The summed E-state index contributed by atoms with van der Waals surface area (Å²) in [7, 11) is 1.59. The fourth-order valence-corrected chi connectivity index (χ4v) is 1.93. The van der Waals surface area contributed by atoms with Gasteiger partial charge in [0.25, 0.3) is 5.91 Å². The van der Waals surface area contributed by atoms with Crippen LogP contribution >= 0.6 is 0 Å². The van der Waals surface area contributed by atoms with E-state index in [1.54, 1.807) is 7.05 Å². The highest BCUT2D eigenvalue weighted by atomic mass is 19.1. The van der Waals surface area contributed by atoms with E-state index in [4.69, 9.17) is 4.74 Å². The molecule has 1 aromatic heterocycles. The van der Waals surface area contributed by atoms with Crippen molar-refractivity contribution in [3.05, 3.63) is 53.6 Å². The van der Waals surface area contributed by atoms with Crippen molar-refractivity contribution in [2.24, 2.45) is 7.05 Å². The van der Waals surface area contributed by atoms with Crippen LogP contribution in [0.2, 0.25) is 0 Å². The number of Topliss-reactive ketones (excluding diaryl/α,β-unsaturated/α-hetero) is 1. The number of halogens is 1. The van der Waals surface area contributed by atoms with Gasteiger partial charge in [-0.05, 0) is 31.2 Å². The molecule has 0 aliphatic heterocycles. The Balaban J connectivity index is 1.93. The van der Waals surface area contributed by atoms with Gasteiger partial charge in [-0.2, -0.15) is 0 Å². The van der Waals surface area contributed by atoms with Crippen LogP contribution in [0, 0.1) is 5.82 Å². The lowest BCUT2D eigenvalue weighted by Crippen LogP contribution is -2.21. The lowest BCUT2D eigenvalue weighted by Gasteiger charge is -2.07. The van der Waals surface area contributed by atoms with E-state index in [2.05, 4.69) is 5.32 Å². The van der Waals surface area contributed by atoms with Crippen LogP contribution < -0.4 is 5.32 Å². The van der Waals surface area contributed by atoms with E-state index in [0.717, 1.165) is 6.07 Å². The molecule has 0 bridgehead atoms. The summed E-state index contributed by atoms with van der Waals surface area (Å²) in [4.78, 5) is 34.9. The molecule has 0 aliphatic rings. The number of esters is 1. The first-order valence-corrected chi connectivity index (χ1v) is 6.76. The molecule has 0 saturated carbocycles. The monoisotopic (exact) mass is 318 g/mol. The van der Waals surface area contributed by atoms with Gasteiger partial charge in [0.05, 0.1) is 0 Å². The van der Waals surface area contributed by atoms with Gasteiger partial charge in [-0.3, -0.25) is 9.59 Å². The van der Waals surface area contributed by atoms with Crippen LogP contribution in [-0.2, 0) is 16.6 Å². The second-order valence-corrected chi connectivity index (χ2v) is 4.92. The standard InChI is InChI=1S/C16H15FN2O4/c1-10(20)11-6-14(19(2)8-11)16(22)23-9-15(21)18-13-5-3-4-12(17)7-13/h3-8H,9H2,1-2H3,(H,18,21). The molecular formula is C16H15FN2O4. The predicted octanol–water partition coefficient (Wildman–Crippen LogP) is 2.16. The number of hydrogen-bond acceptors (Lipinski definition) is 4. The number of carbonyl (C=O) groups is 3. The molecule has 1 amide bonds. The number of ketones is 1. The zero-order valence-corrected chi connectivity index (χ0v) is 12.6. The van der Waals surface area contributed by atoms with E-state index >= 15 is 0 Å². The van der Waals surface area contributed by atoms with Crippen molar-refractivity contribution in [2.45, 2.75) is 6.92 Å². The highest BCUT2D eigenvalue weighted by Gasteiger charge is 2.16. The summed E-state index contributed by atoms with van der Waals surface area (Å²) < 4.78 is 19.3. The van der Waals surface area contributed by atoms with Gasteiger partial charge >= 0.3 is 5.97 Å². The van der Waals surface area contributed by atoms with Crippen LogP contribution in [0.5, 0.6) is 0 Å². The zero-order valence-electron chi connectivity index (χ0n) is 12.6. The number of nitrogens with one attached hydrogen (secondary N) is 1. The van der Waals surface area contributed by atoms with Gasteiger partial charge in [0.15, 0.2) is 12.4 Å². The molecule has 2 aromatic rings. The molecular weight excluding hydrogens is 303 g/mol. The Morgan fingerprint density at radius 1 is 1.26 bits per heavy atom. The number of amides is 1. The summed E-state index contributed by atoms with van der Waals surface area (Å²) in [5.74, 6) is -1.98. The van der Waals surface area contributed by atoms with Crippen molar-refractivity contribution >= 4 is 23.3 Å². The summed E-state index contributed by atoms with van der Waals surface area (Å²) in [5.41, 5.74) is 0.807. The van der Waals surface area contributed by atoms with Gasteiger partial charge in [-0.1, -0.05) is 6.07 Å². The highest BCUT2D eigenvalue weighted by Crippen LogP contribution is 2.11. The van der Waals surface area contributed by atoms with E-state index in [-0.39, 0.29) is 17.2 Å². The Hall–Kier alpha value is -2.96. The van der Waals surface area contributed by atoms with Gasteiger partial charge in [-0.25, -0.2) is 9.18 Å². The van der Waals surface area contributed by atoms with E-state index in [0.29, 0.717) is 5.56 Å². The zero-order chi connectivity index (χ0) is 17.0. The molecule has 0 atom stereocenters. The number of aryl methyl sites for hydroxylation is 1. The summed E-state index contributed by atoms with van der Waals surface area (Å²) in [5, 5.41) is 2.41.